The minimum atomic E-state index is -4.51. The smallest absolute Gasteiger partial charge is 0.249 e. The fourth-order valence-corrected chi connectivity index (χ4v) is 2.13. The van der Waals surface area contributed by atoms with Gasteiger partial charge in [0.25, 0.3) is 0 Å². The van der Waals surface area contributed by atoms with E-state index in [1.54, 1.807) is 0 Å². The summed E-state index contributed by atoms with van der Waals surface area (Å²) in [7, 11) is -3.59. The summed E-state index contributed by atoms with van der Waals surface area (Å²) in [5.74, 6) is -0.0934. The normalized spacial score (nSPS) is 12.7. The zero-order chi connectivity index (χ0) is 15.1. The highest BCUT2D eigenvalue weighted by Gasteiger charge is 2.31. The summed E-state index contributed by atoms with van der Waals surface area (Å²) < 4.78 is 59.9. The van der Waals surface area contributed by atoms with Gasteiger partial charge in [-0.25, -0.2) is 13.5 Å². The van der Waals surface area contributed by atoms with Gasteiger partial charge in [0, 0.05) is 11.8 Å². The van der Waals surface area contributed by atoms with Crippen LogP contribution < -0.4 is 0 Å². The van der Waals surface area contributed by atoms with E-state index in [1.165, 1.54) is 0 Å². The Morgan fingerprint density at radius 2 is 1.95 bits per heavy atom. The maximum absolute atomic E-state index is 12.5. The number of nitrogens with one attached hydrogen (secondary N) is 1. The number of H-pyrrole nitrogens is 1. The van der Waals surface area contributed by atoms with Crippen LogP contribution in [0.2, 0.25) is 5.02 Å². The second kappa shape index (κ2) is 4.74. The molecule has 0 unspecified atom stereocenters. The molecule has 0 atom stereocenters. The Bertz CT molecular complexity index is 755. The number of sulfone groups is 1. The third kappa shape index (κ3) is 2.93. The van der Waals surface area contributed by atoms with E-state index in [4.69, 9.17) is 11.6 Å². The highest BCUT2D eigenvalue weighted by atomic mass is 35.5. The number of benzene rings is 1. The van der Waals surface area contributed by atoms with E-state index >= 15 is 0 Å². The van der Waals surface area contributed by atoms with Crippen LogP contribution in [-0.2, 0) is 16.0 Å². The molecule has 0 saturated carbocycles. The maximum atomic E-state index is 12.5. The van der Waals surface area contributed by atoms with Gasteiger partial charge in [0.15, 0.2) is 5.82 Å². The van der Waals surface area contributed by atoms with E-state index in [0.717, 1.165) is 24.5 Å². The summed E-state index contributed by atoms with van der Waals surface area (Å²) in [6.07, 6.45) is -3.59. The van der Waals surface area contributed by atoms with Gasteiger partial charge in [-0.1, -0.05) is 11.6 Å². The lowest BCUT2D eigenvalue weighted by Gasteiger charge is -2.08. The van der Waals surface area contributed by atoms with Gasteiger partial charge in [-0.15, -0.1) is 0 Å². The molecule has 1 aromatic heterocycles. The number of nitrogens with zero attached hydrogens (tertiary/aromatic N) is 2. The number of hydrogen-bond donors (Lipinski definition) is 1. The summed E-state index contributed by atoms with van der Waals surface area (Å²) in [5.41, 5.74) is -0.809. The Labute approximate surface area is 116 Å². The molecule has 1 aromatic carbocycles. The molecule has 0 aliphatic heterocycles. The molecule has 1 N–H and O–H groups in total. The van der Waals surface area contributed by atoms with Crippen LogP contribution in [0.3, 0.4) is 0 Å². The van der Waals surface area contributed by atoms with E-state index in [9.17, 15) is 21.6 Å². The first-order chi connectivity index (χ1) is 9.09. The molecule has 0 bridgehead atoms. The van der Waals surface area contributed by atoms with Crippen molar-refractivity contribution in [2.45, 2.75) is 11.3 Å². The Morgan fingerprint density at radius 3 is 2.40 bits per heavy atom. The van der Waals surface area contributed by atoms with Crippen LogP contribution in [0, 0.1) is 0 Å². The molecule has 0 aliphatic rings. The lowest BCUT2D eigenvalue weighted by atomic mass is 10.1. The highest BCUT2D eigenvalue weighted by Crippen LogP contribution is 2.34. The van der Waals surface area contributed by atoms with Crippen LogP contribution in [-0.4, -0.2) is 29.9 Å². The molecule has 5 nitrogen and oxygen atoms in total. The van der Waals surface area contributed by atoms with Crippen molar-refractivity contribution in [1.29, 1.82) is 0 Å². The highest BCUT2D eigenvalue weighted by molar-refractivity contribution is 7.90. The van der Waals surface area contributed by atoms with Gasteiger partial charge in [-0.3, -0.25) is 0 Å². The standard InChI is InChI=1S/C10H7ClF3N3O2S/c1-20(18,19)9-15-8(16-17-9)6-3-2-5(4-7(6)11)10(12,13)14/h2-4H,1H3,(H,15,16,17). The lowest BCUT2D eigenvalue weighted by Crippen LogP contribution is -2.04. The van der Waals surface area contributed by atoms with E-state index in [1.807, 2.05) is 0 Å². The zero-order valence-corrected chi connectivity index (χ0v) is 11.4. The zero-order valence-electron chi connectivity index (χ0n) is 9.86. The van der Waals surface area contributed by atoms with Gasteiger partial charge < -0.3 is 0 Å². The predicted octanol–water partition coefficient (Wildman–Crippen LogP) is 2.55. The van der Waals surface area contributed by atoms with Crippen molar-refractivity contribution < 1.29 is 21.6 Å². The molecule has 0 radical (unpaired) electrons. The molecule has 0 amide bonds. The van der Waals surface area contributed by atoms with E-state index in [0.29, 0.717) is 0 Å². The third-order valence-electron chi connectivity index (χ3n) is 2.35. The van der Waals surface area contributed by atoms with Gasteiger partial charge in [0.05, 0.1) is 10.6 Å². The first kappa shape index (κ1) is 14.8. The van der Waals surface area contributed by atoms with Crippen molar-refractivity contribution in [3.8, 4) is 11.4 Å². The van der Waals surface area contributed by atoms with Gasteiger partial charge in [0.1, 0.15) is 0 Å². The van der Waals surface area contributed by atoms with Gasteiger partial charge in [-0.05, 0) is 18.2 Å². The molecule has 2 aromatic rings. The van der Waals surface area contributed by atoms with E-state index < -0.39 is 21.6 Å². The molecule has 0 saturated heterocycles. The monoisotopic (exact) mass is 325 g/mol. The van der Waals surface area contributed by atoms with Gasteiger partial charge >= 0.3 is 6.18 Å². The average molecular weight is 326 g/mol. The number of rotatable bonds is 2. The second-order valence-electron chi connectivity index (χ2n) is 3.93. The van der Waals surface area contributed by atoms with Crippen LogP contribution >= 0.6 is 11.6 Å². The average Bonchev–Trinajstić information content (AvgIpc) is 2.76. The van der Waals surface area contributed by atoms with Crippen LogP contribution in [0.5, 0.6) is 0 Å². The van der Waals surface area contributed by atoms with E-state index in [-0.39, 0.29) is 21.6 Å². The van der Waals surface area contributed by atoms with Crippen LogP contribution in [0.25, 0.3) is 11.4 Å². The maximum Gasteiger partial charge on any atom is 0.416 e. The Kier molecular flexibility index (Phi) is 3.51. The van der Waals surface area contributed by atoms with Crippen LogP contribution in [0.1, 0.15) is 5.56 Å². The third-order valence-corrected chi connectivity index (χ3v) is 3.55. The molecule has 0 aliphatic carbocycles. The molecule has 1 heterocycles. The number of aromatic nitrogens is 3. The fraction of sp³-hybridized carbons (Fsp3) is 0.200. The number of aromatic amines is 1. The largest absolute Gasteiger partial charge is 0.416 e. The van der Waals surface area contributed by atoms with Crippen molar-refractivity contribution in [2.24, 2.45) is 0 Å². The SMILES string of the molecule is CS(=O)(=O)c1nc(-c2ccc(C(F)(F)F)cc2Cl)n[nH]1. The summed E-state index contributed by atoms with van der Waals surface area (Å²) >= 11 is 5.75. The first-order valence-corrected chi connectivity index (χ1v) is 7.35. The van der Waals surface area contributed by atoms with Crippen molar-refractivity contribution in [1.82, 2.24) is 15.2 Å². The van der Waals surface area contributed by atoms with Crippen molar-refractivity contribution in [3.05, 3.63) is 28.8 Å². The molecular formula is C10H7ClF3N3O2S. The molecule has 0 spiro atoms. The molecule has 10 heteroatoms. The van der Waals surface area contributed by atoms with Gasteiger partial charge in [-0.2, -0.15) is 23.3 Å². The number of alkyl halides is 3. The first-order valence-electron chi connectivity index (χ1n) is 5.08. The number of hydrogen-bond acceptors (Lipinski definition) is 4. The summed E-state index contributed by atoms with van der Waals surface area (Å²) in [5, 5.41) is 5.20. The topological polar surface area (TPSA) is 75.7 Å². The Morgan fingerprint density at radius 1 is 1.30 bits per heavy atom. The van der Waals surface area contributed by atoms with Crippen LogP contribution in [0.15, 0.2) is 23.4 Å². The molecule has 108 valence electrons. The minimum absolute atomic E-state index is 0.0934. The molecule has 2 rings (SSSR count). The Hall–Kier alpha value is -1.61. The predicted molar refractivity (Wildman–Crippen MR) is 64.9 cm³/mol. The van der Waals surface area contributed by atoms with Crippen molar-refractivity contribution >= 4 is 21.4 Å². The summed E-state index contributed by atoms with van der Waals surface area (Å²) in [6, 6.07) is 2.63. The van der Waals surface area contributed by atoms with Crippen molar-refractivity contribution in [2.75, 3.05) is 6.26 Å². The molecule has 20 heavy (non-hydrogen) atoms. The second-order valence-corrected chi connectivity index (χ2v) is 6.27. The van der Waals surface area contributed by atoms with Gasteiger partial charge in [0.2, 0.25) is 15.0 Å². The summed E-state index contributed by atoms with van der Waals surface area (Å²) in [6.45, 7) is 0. The molecular weight excluding hydrogens is 319 g/mol. The van der Waals surface area contributed by atoms with Crippen LogP contribution in [0.4, 0.5) is 13.2 Å². The fourth-order valence-electron chi connectivity index (χ4n) is 1.41. The quantitative estimate of drug-likeness (QED) is 0.920. The van der Waals surface area contributed by atoms with E-state index in [2.05, 4.69) is 15.2 Å². The molecule has 0 fully saturated rings. The summed E-state index contributed by atoms with van der Waals surface area (Å²) in [4.78, 5) is 3.68. The number of halogens is 4. The minimum Gasteiger partial charge on any atom is -0.249 e. The Balaban J connectivity index is 2.47. The van der Waals surface area contributed by atoms with Crippen molar-refractivity contribution in [3.63, 3.8) is 0 Å². The lowest BCUT2D eigenvalue weighted by molar-refractivity contribution is -0.137.